The van der Waals surface area contributed by atoms with Crippen LogP contribution in [-0.2, 0) is 24.3 Å². The maximum Gasteiger partial charge on any atom is 0.226 e. The highest BCUT2D eigenvalue weighted by atomic mass is 32.1. The average molecular weight is 346 g/mol. The fourth-order valence-electron chi connectivity index (χ4n) is 3.64. The third-order valence-electron chi connectivity index (χ3n) is 4.99. The maximum absolute atomic E-state index is 12.8. The molecule has 1 saturated heterocycles. The summed E-state index contributed by atoms with van der Waals surface area (Å²) in [5.74, 6) is 1.83. The third-order valence-corrected chi connectivity index (χ3v) is 6.01. The molecule has 0 atom stereocenters. The van der Waals surface area contributed by atoms with Gasteiger partial charge in [-0.15, -0.1) is 11.3 Å². The van der Waals surface area contributed by atoms with Gasteiger partial charge in [-0.1, -0.05) is 5.16 Å². The van der Waals surface area contributed by atoms with Crippen LogP contribution in [0, 0.1) is 12.8 Å². The number of thiophene rings is 1. The van der Waals surface area contributed by atoms with Crippen LogP contribution in [0.2, 0.25) is 0 Å². The summed E-state index contributed by atoms with van der Waals surface area (Å²) in [7, 11) is 0. The van der Waals surface area contributed by atoms with E-state index in [2.05, 4.69) is 31.4 Å². The third kappa shape index (κ3) is 3.23. The molecule has 0 N–H and O–H groups in total. The minimum atomic E-state index is 0.161. The summed E-state index contributed by atoms with van der Waals surface area (Å²) < 4.78 is 5.02. The summed E-state index contributed by atoms with van der Waals surface area (Å²) in [6.45, 7) is 6.01. The molecule has 2 aliphatic heterocycles. The van der Waals surface area contributed by atoms with Gasteiger partial charge < -0.3 is 9.42 Å². The van der Waals surface area contributed by atoms with Gasteiger partial charge in [-0.2, -0.15) is 4.98 Å². The first-order valence-corrected chi connectivity index (χ1v) is 9.42. The second-order valence-electron chi connectivity index (χ2n) is 6.66. The van der Waals surface area contributed by atoms with Crippen LogP contribution in [0.4, 0.5) is 0 Å². The van der Waals surface area contributed by atoms with E-state index in [4.69, 9.17) is 4.52 Å². The first-order chi connectivity index (χ1) is 11.7. The molecule has 128 valence electrons. The van der Waals surface area contributed by atoms with Crippen molar-refractivity contribution in [1.82, 2.24) is 19.9 Å². The molecule has 7 heteroatoms. The molecule has 0 aromatic carbocycles. The van der Waals surface area contributed by atoms with E-state index >= 15 is 0 Å². The van der Waals surface area contributed by atoms with Crippen LogP contribution in [-0.4, -0.2) is 45.5 Å². The summed E-state index contributed by atoms with van der Waals surface area (Å²) in [4.78, 5) is 22.9. The number of carbonyl (C=O) groups is 1. The van der Waals surface area contributed by atoms with Gasteiger partial charge in [0.05, 0.1) is 6.54 Å². The highest BCUT2D eigenvalue weighted by molar-refractivity contribution is 7.10. The van der Waals surface area contributed by atoms with Crippen molar-refractivity contribution in [3.05, 3.63) is 33.6 Å². The lowest BCUT2D eigenvalue weighted by Gasteiger charge is -2.35. The van der Waals surface area contributed by atoms with Gasteiger partial charge in [-0.05, 0) is 49.4 Å². The monoisotopic (exact) mass is 346 g/mol. The number of nitrogens with zero attached hydrogens (tertiary/aromatic N) is 4. The van der Waals surface area contributed by atoms with Crippen LogP contribution in [0.25, 0.3) is 0 Å². The topological polar surface area (TPSA) is 62.5 Å². The van der Waals surface area contributed by atoms with E-state index in [-0.39, 0.29) is 5.92 Å². The van der Waals surface area contributed by atoms with Crippen LogP contribution in [0.1, 0.15) is 35.0 Å². The van der Waals surface area contributed by atoms with Crippen molar-refractivity contribution in [3.8, 4) is 0 Å². The van der Waals surface area contributed by atoms with Crippen molar-refractivity contribution in [2.75, 3.05) is 19.6 Å². The van der Waals surface area contributed by atoms with Crippen molar-refractivity contribution >= 4 is 17.2 Å². The second kappa shape index (κ2) is 6.64. The number of hydrogen-bond donors (Lipinski definition) is 0. The quantitative estimate of drug-likeness (QED) is 0.853. The van der Waals surface area contributed by atoms with Crippen molar-refractivity contribution < 1.29 is 9.32 Å². The molecule has 4 rings (SSSR count). The predicted molar refractivity (Wildman–Crippen MR) is 90.5 cm³/mol. The fourth-order valence-corrected chi connectivity index (χ4v) is 4.53. The van der Waals surface area contributed by atoms with Crippen molar-refractivity contribution in [2.24, 2.45) is 5.92 Å². The van der Waals surface area contributed by atoms with Crippen molar-refractivity contribution in [1.29, 1.82) is 0 Å². The van der Waals surface area contributed by atoms with Gasteiger partial charge in [0.25, 0.3) is 0 Å². The summed E-state index contributed by atoms with van der Waals surface area (Å²) in [5, 5.41) is 6.09. The van der Waals surface area contributed by atoms with Gasteiger partial charge in [0.1, 0.15) is 0 Å². The molecule has 4 heterocycles. The Balaban J connectivity index is 1.30. The lowest BCUT2D eigenvalue weighted by molar-refractivity contribution is -0.138. The number of amides is 1. The molecule has 0 radical (unpaired) electrons. The Morgan fingerprint density at radius 3 is 2.96 bits per heavy atom. The van der Waals surface area contributed by atoms with Gasteiger partial charge in [-0.25, -0.2) is 0 Å². The van der Waals surface area contributed by atoms with Crippen LogP contribution < -0.4 is 0 Å². The Kier molecular flexibility index (Phi) is 4.37. The van der Waals surface area contributed by atoms with Crippen LogP contribution >= 0.6 is 11.3 Å². The SMILES string of the molecule is Cc1nc(CN2CCC(C(=O)N3CCc4sccc4C3)CC2)no1. The lowest BCUT2D eigenvalue weighted by Crippen LogP contribution is -2.44. The van der Waals surface area contributed by atoms with E-state index in [1.807, 2.05) is 11.3 Å². The summed E-state index contributed by atoms with van der Waals surface area (Å²) >= 11 is 1.81. The molecule has 2 aliphatic rings. The Hall–Kier alpha value is -1.73. The van der Waals surface area contributed by atoms with Crippen molar-refractivity contribution in [3.63, 3.8) is 0 Å². The van der Waals surface area contributed by atoms with Gasteiger partial charge in [-0.3, -0.25) is 9.69 Å². The van der Waals surface area contributed by atoms with Crippen LogP contribution in [0.15, 0.2) is 16.0 Å². The number of aryl methyl sites for hydroxylation is 1. The molecule has 0 unspecified atom stereocenters. The first-order valence-electron chi connectivity index (χ1n) is 8.54. The smallest absolute Gasteiger partial charge is 0.226 e. The Morgan fingerprint density at radius 2 is 2.21 bits per heavy atom. The zero-order chi connectivity index (χ0) is 16.5. The normalized spacial score (nSPS) is 19.5. The number of carbonyl (C=O) groups excluding carboxylic acids is 1. The maximum atomic E-state index is 12.8. The first kappa shape index (κ1) is 15.8. The van der Waals surface area contributed by atoms with Crippen molar-refractivity contribution in [2.45, 2.75) is 39.3 Å². The molecule has 2 aromatic heterocycles. The van der Waals surface area contributed by atoms with E-state index < -0.39 is 0 Å². The molecule has 2 aromatic rings. The Bertz CT molecular complexity index is 718. The van der Waals surface area contributed by atoms with E-state index in [1.165, 1.54) is 10.4 Å². The van der Waals surface area contributed by atoms with Gasteiger partial charge >= 0.3 is 0 Å². The number of hydrogen-bond acceptors (Lipinski definition) is 6. The average Bonchev–Trinajstić information content (AvgIpc) is 3.23. The zero-order valence-electron chi connectivity index (χ0n) is 13.9. The number of piperidine rings is 1. The van der Waals surface area contributed by atoms with Gasteiger partial charge in [0.15, 0.2) is 5.82 Å². The van der Waals surface area contributed by atoms with Gasteiger partial charge in [0, 0.05) is 30.8 Å². The molecule has 0 saturated carbocycles. The number of rotatable bonds is 3. The molecule has 0 aliphatic carbocycles. The largest absolute Gasteiger partial charge is 0.340 e. The fraction of sp³-hybridized carbons (Fsp3) is 0.588. The summed E-state index contributed by atoms with van der Waals surface area (Å²) in [6, 6.07) is 2.16. The molecule has 24 heavy (non-hydrogen) atoms. The van der Waals surface area contributed by atoms with Gasteiger partial charge in [0.2, 0.25) is 11.8 Å². The number of likely N-dealkylation sites (tertiary alicyclic amines) is 1. The van der Waals surface area contributed by atoms with Crippen LogP contribution in [0.3, 0.4) is 0 Å². The Labute approximate surface area is 145 Å². The summed E-state index contributed by atoms with van der Waals surface area (Å²) in [6.07, 6.45) is 2.85. The molecular formula is C17H22N4O2S. The molecule has 1 fully saturated rings. The second-order valence-corrected chi connectivity index (χ2v) is 7.66. The van der Waals surface area contributed by atoms with E-state index in [1.54, 1.807) is 6.92 Å². The number of fused-ring (bicyclic) bond motifs is 1. The standard InChI is InChI=1S/C17H22N4O2S/c1-12-18-16(19-23-12)11-20-6-2-13(3-7-20)17(22)21-8-4-15-14(10-21)5-9-24-15/h5,9,13H,2-4,6-8,10-11H2,1H3. The highest BCUT2D eigenvalue weighted by Gasteiger charge is 2.30. The van der Waals surface area contributed by atoms with E-state index in [0.29, 0.717) is 18.3 Å². The van der Waals surface area contributed by atoms with Crippen LogP contribution in [0.5, 0.6) is 0 Å². The molecular weight excluding hydrogens is 324 g/mol. The lowest BCUT2D eigenvalue weighted by atomic mass is 9.94. The molecule has 1 amide bonds. The highest BCUT2D eigenvalue weighted by Crippen LogP contribution is 2.27. The molecule has 6 nitrogen and oxygen atoms in total. The predicted octanol–water partition coefficient (Wildman–Crippen LogP) is 2.24. The molecule has 0 spiro atoms. The zero-order valence-corrected chi connectivity index (χ0v) is 14.7. The number of aromatic nitrogens is 2. The Morgan fingerprint density at radius 1 is 1.38 bits per heavy atom. The van der Waals surface area contributed by atoms with E-state index in [0.717, 1.165) is 51.3 Å². The minimum Gasteiger partial charge on any atom is -0.340 e. The van der Waals surface area contributed by atoms with E-state index in [9.17, 15) is 4.79 Å². The minimum absolute atomic E-state index is 0.161. The molecule has 0 bridgehead atoms. The summed E-state index contributed by atoms with van der Waals surface area (Å²) in [5.41, 5.74) is 1.34.